The minimum atomic E-state index is 1.05. The maximum Gasteiger partial charge on any atom is 0.113 e. The molecular formula is C31H42N2S4. The number of unbranched alkanes of at least 4 members (excludes halogenated alkanes) is 11. The molecule has 4 rings (SSSR count). The Bertz CT molecular complexity index is 1250. The lowest BCUT2D eigenvalue weighted by molar-refractivity contribution is 0.548. The highest BCUT2D eigenvalue weighted by Crippen LogP contribution is 2.47. The summed E-state index contributed by atoms with van der Waals surface area (Å²) >= 11 is 7.23. The maximum absolute atomic E-state index is 4.66. The SMILES string of the molecule is CCCCCCCCCCCCCCSc1cc(-c2ccc(C)c3nsnc23)sc1-c1sc(C)cc1C. The van der Waals surface area contributed by atoms with Crippen molar-refractivity contribution in [3.63, 3.8) is 0 Å². The lowest BCUT2D eigenvalue weighted by Crippen LogP contribution is -1.84. The summed E-state index contributed by atoms with van der Waals surface area (Å²) in [5.41, 5.74) is 5.92. The Morgan fingerprint density at radius 2 is 1.32 bits per heavy atom. The lowest BCUT2D eigenvalue weighted by Gasteiger charge is -2.04. The summed E-state index contributed by atoms with van der Waals surface area (Å²) < 4.78 is 9.22. The van der Waals surface area contributed by atoms with Crippen LogP contribution in [0.15, 0.2) is 29.2 Å². The van der Waals surface area contributed by atoms with Gasteiger partial charge in [0.25, 0.3) is 0 Å². The van der Waals surface area contributed by atoms with Gasteiger partial charge in [0.2, 0.25) is 0 Å². The number of hydrogen-bond acceptors (Lipinski definition) is 6. The summed E-state index contributed by atoms with van der Waals surface area (Å²) in [5.74, 6) is 1.20. The van der Waals surface area contributed by atoms with E-state index in [4.69, 9.17) is 0 Å². The fraction of sp³-hybridized carbons (Fsp3) is 0.548. The Hall–Kier alpha value is -1.21. The van der Waals surface area contributed by atoms with Gasteiger partial charge in [-0.1, -0.05) is 89.7 Å². The first-order valence-electron chi connectivity index (χ1n) is 14.1. The summed E-state index contributed by atoms with van der Waals surface area (Å²) in [6.45, 7) is 8.90. The minimum absolute atomic E-state index is 1.05. The first-order chi connectivity index (χ1) is 18.1. The van der Waals surface area contributed by atoms with Gasteiger partial charge in [0.05, 0.1) is 16.6 Å². The van der Waals surface area contributed by atoms with Crippen molar-refractivity contribution in [3.8, 4) is 20.2 Å². The Morgan fingerprint density at radius 3 is 1.97 bits per heavy atom. The van der Waals surface area contributed by atoms with Gasteiger partial charge in [0, 0.05) is 25.1 Å². The standard InChI is InChI=1S/C31H42N2S4/c1-5-6-7-8-9-10-11-12-13-14-15-16-19-34-27-21-26(36-31(27)30-23(3)20-24(4)35-30)25-18-17-22(2)28-29(25)33-37-32-28/h17-18,20-21H,5-16,19H2,1-4H3. The largest absolute Gasteiger partial charge is 0.173 e. The third kappa shape index (κ3) is 7.90. The van der Waals surface area contributed by atoms with Crippen LogP contribution in [-0.4, -0.2) is 14.5 Å². The summed E-state index contributed by atoms with van der Waals surface area (Å²) in [7, 11) is 0. The number of thioether (sulfide) groups is 1. The van der Waals surface area contributed by atoms with Crippen LogP contribution in [0.1, 0.15) is 100.0 Å². The average Bonchev–Trinajstić information content (AvgIpc) is 3.61. The number of fused-ring (bicyclic) bond motifs is 1. The molecule has 3 heterocycles. The van der Waals surface area contributed by atoms with Crippen molar-refractivity contribution >= 4 is 57.2 Å². The topological polar surface area (TPSA) is 25.8 Å². The van der Waals surface area contributed by atoms with E-state index in [1.165, 1.54) is 136 Å². The van der Waals surface area contributed by atoms with Gasteiger partial charge in [-0.25, -0.2) is 0 Å². The summed E-state index contributed by atoms with van der Waals surface area (Å²) in [5, 5.41) is 0. The number of aryl methyl sites for hydroxylation is 3. The molecule has 0 N–H and O–H groups in total. The molecule has 200 valence electrons. The minimum Gasteiger partial charge on any atom is -0.173 e. The quantitative estimate of drug-likeness (QED) is 0.0989. The summed E-state index contributed by atoms with van der Waals surface area (Å²) in [6, 6.07) is 9.18. The van der Waals surface area contributed by atoms with Gasteiger partial charge in [-0.05, 0) is 56.2 Å². The van der Waals surface area contributed by atoms with Gasteiger partial charge in [-0.3, -0.25) is 0 Å². The molecule has 0 atom stereocenters. The number of aromatic nitrogens is 2. The van der Waals surface area contributed by atoms with Crippen molar-refractivity contribution < 1.29 is 0 Å². The Balaban J connectivity index is 1.32. The van der Waals surface area contributed by atoms with Crippen molar-refractivity contribution in [1.82, 2.24) is 8.75 Å². The monoisotopic (exact) mass is 570 g/mol. The number of thiophene rings is 2. The number of hydrogen-bond donors (Lipinski definition) is 0. The van der Waals surface area contributed by atoms with Crippen LogP contribution in [0.25, 0.3) is 31.2 Å². The van der Waals surface area contributed by atoms with E-state index in [2.05, 4.69) is 72.5 Å². The molecule has 0 fully saturated rings. The van der Waals surface area contributed by atoms with Gasteiger partial charge < -0.3 is 0 Å². The summed E-state index contributed by atoms with van der Waals surface area (Å²) in [6.07, 6.45) is 16.8. The van der Waals surface area contributed by atoms with Crippen molar-refractivity contribution in [3.05, 3.63) is 40.3 Å². The second-order valence-corrected chi connectivity index (χ2v) is 14.3. The smallest absolute Gasteiger partial charge is 0.113 e. The molecule has 0 amide bonds. The van der Waals surface area contributed by atoms with E-state index in [9.17, 15) is 0 Å². The van der Waals surface area contributed by atoms with Gasteiger partial charge in [-0.15, -0.1) is 34.4 Å². The predicted molar refractivity (Wildman–Crippen MR) is 170 cm³/mol. The predicted octanol–water partition coefficient (Wildman–Crippen LogP) is 11.9. The highest BCUT2D eigenvalue weighted by molar-refractivity contribution is 7.99. The lowest BCUT2D eigenvalue weighted by atomic mass is 10.1. The van der Waals surface area contributed by atoms with Crippen molar-refractivity contribution in [2.24, 2.45) is 0 Å². The molecule has 0 aliphatic rings. The molecule has 6 heteroatoms. The Morgan fingerprint density at radius 1 is 0.676 bits per heavy atom. The first-order valence-corrected chi connectivity index (χ1v) is 17.5. The van der Waals surface area contributed by atoms with Crippen LogP contribution in [-0.2, 0) is 0 Å². The highest BCUT2D eigenvalue weighted by atomic mass is 32.2. The number of nitrogens with zero attached hydrogens (tertiary/aromatic N) is 2. The number of rotatable bonds is 16. The van der Waals surface area contributed by atoms with Crippen molar-refractivity contribution in [1.29, 1.82) is 0 Å². The van der Waals surface area contributed by atoms with Crippen LogP contribution in [0, 0.1) is 20.8 Å². The van der Waals surface area contributed by atoms with Crippen LogP contribution in [0.4, 0.5) is 0 Å². The molecule has 1 aromatic carbocycles. The second kappa shape index (κ2) is 14.8. The first kappa shape index (κ1) is 28.8. The maximum atomic E-state index is 4.66. The fourth-order valence-corrected chi connectivity index (χ4v) is 9.33. The molecule has 0 radical (unpaired) electrons. The molecule has 0 saturated heterocycles. The molecule has 0 spiro atoms. The molecule has 4 aromatic rings. The van der Waals surface area contributed by atoms with Gasteiger partial charge in [-0.2, -0.15) is 8.75 Å². The van der Waals surface area contributed by atoms with E-state index in [0.29, 0.717) is 0 Å². The van der Waals surface area contributed by atoms with Gasteiger partial charge >= 0.3 is 0 Å². The van der Waals surface area contributed by atoms with Gasteiger partial charge in [0.1, 0.15) is 11.0 Å². The van der Waals surface area contributed by atoms with Crippen LogP contribution in [0.5, 0.6) is 0 Å². The Labute approximate surface area is 240 Å². The third-order valence-electron chi connectivity index (χ3n) is 7.08. The van der Waals surface area contributed by atoms with Crippen LogP contribution in [0.2, 0.25) is 0 Å². The number of benzene rings is 1. The van der Waals surface area contributed by atoms with E-state index < -0.39 is 0 Å². The molecule has 37 heavy (non-hydrogen) atoms. The summed E-state index contributed by atoms with van der Waals surface area (Å²) in [4.78, 5) is 7.01. The highest BCUT2D eigenvalue weighted by Gasteiger charge is 2.19. The van der Waals surface area contributed by atoms with Crippen LogP contribution < -0.4 is 0 Å². The average molecular weight is 571 g/mol. The van der Waals surface area contributed by atoms with E-state index in [0.717, 1.165) is 11.0 Å². The van der Waals surface area contributed by atoms with E-state index in [1.54, 1.807) is 0 Å². The molecular weight excluding hydrogens is 529 g/mol. The molecule has 2 nitrogen and oxygen atoms in total. The molecule has 3 aromatic heterocycles. The molecule has 0 unspecified atom stereocenters. The Kier molecular flexibility index (Phi) is 11.5. The van der Waals surface area contributed by atoms with Crippen molar-refractivity contribution in [2.75, 3.05) is 5.75 Å². The van der Waals surface area contributed by atoms with Gasteiger partial charge in [0.15, 0.2) is 0 Å². The zero-order valence-electron chi connectivity index (χ0n) is 23.0. The fourth-order valence-electron chi connectivity index (χ4n) is 4.95. The molecule has 0 bridgehead atoms. The third-order valence-corrected chi connectivity index (χ3v) is 11.4. The zero-order valence-corrected chi connectivity index (χ0v) is 26.3. The van der Waals surface area contributed by atoms with E-state index in [-0.39, 0.29) is 0 Å². The van der Waals surface area contributed by atoms with Crippen LogP contribution in [0.3, 0.4) is 0 Å². The van der Waals surface area contributed by atoms with E-state index in [1.807, 2.05) is 22.7 Å². The van der Waals surface area contributed by atoms with Crippen LogP contribution >= 0.6 is 46.2 Å². The normalized spacial score (nSPS) is 11.7. The molecule has 0 aliphatic carbocycles. The zero-order chi connectivity index (χ0) is 26.0. The van der Waals surface area contributed by atoms with E-state index >= 15 is 0 Å². The molecule has 0 aliphatic heterocycles. The second-order valence-electron chi connectivity index (χ2n) is 10.3. The van der Waals surface area contributed by atoms with Crippen molar-refractivity contribution in [2.45, 2.75) is 110 Å². The molecule has 0 saturated carbocycles.